The van der Waals surface area contributed by atoms with Gasteiger partial charge in [0, 0.05) is 11.3 Å². The van der Waals surface area contributed by atoms with Gasteiger partial charge in [0.2, 0.25) is 11.0 Å². The minimum atomic E-state index is -1.20. The molecule has 3 heterocycles. The molecule has 1 amide bonds. The van der Waals surface area contributed by atoms with Crippen LogP contribution in [0.25, 0.3) is 10.2 Å². The lowest BCUT2D eigenvalue weighted by Gasteiger charge is -2.14. The molecule has 0 aromatic carbocycles. The molecule has 3 aromatic rings. The predicted octanol–water partition coefficient (Wildman–Crippen LogP) is 2.08. The molecule has 0 fully saturated rings. The number of carbonyl (C=O) groups is 2. The first-order chi connectivity index (χ1) is 12.3. The Bertz CT molecular complexity index is 1070. The molecule has 3 rings (SSSR count). The summed E-state index contributed by atoms with van der Waals surface area (Å²) in [5.74, 6) is -1.37. The van der Waals surface area contributed by atoms with E-state index in [1.807, 2.05) is 13.8 Å². The van der Waals surface area contributed by atoms with Crippen molar-refractivity contribution in [2.45, 2.75) is 33.2 Å². The van der Waals surface area contributed by atoms with Gasteiger partial charge in [-0.2, -0.15) is 0 Å². The molecule has 0 saturated carbocycles. The van der Waals surface area contributed by atoms with Gasteiger partial charge < -0.3 is 5.11 Å². The average molecular weight is 393 g/mol. The molecule has 0 radical (unpaired) electrons. The molecule has 0 saturated heterocycles. The van der Waals surface area contributed by atoms with Gasteiger partial charge in [-0.25, -0.2) is 9.78 Å². The molecule has 11 heteroatoms. The highest BCUT2D eigenvalue weighted by atomic mass is 32.1. The third-order valence-electron chi connectivity index (χ3n) is 3.54. The number of rotatable bonds is 5. The van der Waals surface area contributed by atoms with Gasteiger partial charge in [-0.05, 0) is 6.92 Å². The van der Waals surface area contributed by atoms with Gasteiger partial charge in [0.15, 0.2) is 0 Å². The number of aryl methyl sites for hydroxylation is 1. The Morgan fingerprint density at radius 3 is 2.65 bits per heavy atom. The van der Waals surface area contributed by atoms with Crippen molar-refractivity contribution in [3.8, 4) is 0 Å². The number of thiophene rings is 1. The fourth-order valence-electron chi connectivity index (χ4n) is 2.44. The molecule has 0 unspecified atom stereocenters. The van der Waals surface area contributed by atoms with Gasteiger partial charge in [0.05, 0.1) is 10.9 Å². The fourth-order valence-corrected chi connectivity index (χ4v) is 3.96. The van der Waals surface area contributed by atoms with Crippen molar-refractivity contribution in [1.82, 2.24) is 19.7 Å². The Morgan fingerprint density at radius 1 is 1.35 bits per heavy atom. The van der Waals surface area contributed by atoms with E-state index in [1.54, 1.807) is 6.92 Å². The largest absolute Gasteiger partial charge is 0.478 e. The minimum absolute atomic E-state index is 0.0199. The van der Waals surface area contributed by atoms with Crippen molar-refractivity contribution < 1.29 is 14.7 Å². The topological polar surface area (TPSA) is 127 Å². The van der Waals surface area contributed by atoms with Crippen LogP contribution in [0.5, 0.6) is 0 Å². The molecule has 0 aliphatic carbocycles. The summed E-state index contributed by atoms with van der Waals surface area (Å²) < 4.78 is 1.22. The maximum absolute atomic E-state index is 12.9. The van der Waals surface area contributed by atoms with E-state index >= 15 is 0 Å². The second kappa shape index (κ2) is 6.92. The zero-order chi connectivity index (χ0) is 19.0. The highest BCUT2D eigenvalue weighted by molar-refractivity contribution is 7.17. The van der Waals surface area contributed by atoms with E-state index < -0.39 is 17.4 Å². The Hall–Kier alpha value is -2.66. The van der Waals surface area contributed by atoms with Crippen LogP contribution in [-0.4, -0.2) is 36.7 Å². The third kappa shape index (κ3) is 3.35. The molecule has 2 N–H and O–H groups in total. The van der Waals surface area contributed by atoms with Gasteiger partial charge in [0.1, 0.15) is 22.2 Å². The first kappa shape index (κ1) is 18.1. The number of carboxylic acids is 1. The Morgan fingerprint density at radius 2 is 2.08 bits per heavy atom. The van der Waals surface area contributed by atoms with Crippen LogP contribution in [0.4, 0.5) is 5.13 Å². The Balaban J connectivity index is 2.05. The number of nitrogens with zero attached hydrogens (tertiary/aromatic N) is 4. The molecule has 3 aromatic heterocycles. The highest BCUT2D eigenvalue weighted by Crippen LogP contribution is 2.24. The first-order valence-electron chi connectivity index (χ1n) is 7.63. The Labute approximate surface area is 155 Å². The van der Waals surface area contributed by atoms with E-state index in [2.05, 4.69) is 20.5 Å². The van der Waals surface area contributed by atoms with Crippen molar-refractivity contribution in [1.29, 1.82) is 0 Å². The monoisotopic (exact) mass is 393 g/mol. The summed E-state index contributed by atoms with van der Waals surface area (Å²) in [5, 5.41) is 21.9. The lowest BCUT2D eigenvalue weighted by atomic mass is 10.2. The quantitative estimate of drug-likeness (QED) is 0.679. The van der Waals surface area contributed by atoms with Gasteiger partial charge in [0.25, 0.3) is 5.56 Å². The molecule has 0 aliphatic rings. The van der Waals surface area contributed by atoms with E-state index in [9.17, 15) is 19.5 Å². The van der Waals surface area contributed by atoms with Crippen LogP contribution in [0.3, 0.4) is 0 Å². The van der Waals surface area contributed by atoms with Crippen LogP contribution < -0.4 is 10.9 Å². The molecule has 136 valence electrons. The standard InChI is InChI=1S/C15H15N5O4S2/c1-6(2)11-17-12-10(8(5-25-12)14(23)24)13(22)20(11)4-9(21)16-15-19-18-7(3)26-15/h5-6H,4H2,1-3H3,(H,23,24)(H,16,19,21). The van der Waals surface area contributed by atoms with Crippen molar-refractivity contribution in [2.75, 3.05) is 5.32 Å². The van der Waals surface area contributed by atoms with Crippen LogP contribution in [0.2, 0.25) is 0 Å². The normalized spacial score (nSPS) is 11.2. The van der Waals surface area contributed by atoms with E-state index in [4.69, 9.17) is 0 Å². The van der Waals surface area contributed by atoms with Crippen molar-refractivity contribution in [3.05, 3.63) is 32.1 Å². The molecule has 0 bridgehead atoms. The van der Waals surface area contributed by atoms with Gasteiger partial charge >= 0.3 is 5.97 Å². The maximum Gasteiger partial charge on any atom is 0.337 e. The Kier molecular flexibility index (Phi) is 4.83. The number of hydrogen-bond donors (Lipinski definition) is 2. The van der Waals surface area contributed by atoms with Crippen molar-refractivity contribution in [3.63, 3.8) is 0 Å². The predicted molar refractivity (Wildman–Crippen MR) is 98.2 cm³/mol. The van der Waals surface area contributed by atoms with Gasteiger partial charge in [-0.1, -0.05) is 25.2 Å². The fraction of sp³-hybridized carbons (Fsp3) is 0.333. The minimum Gasteiger partial charge on any atom is -0.478 e. The number of amides is 1. The molecule has 0 atom stereocenters. The summed E-state index contributed by atoms with van der Waals surface area (Å²) in [7, 11) is 0. The molecular weight excluding hydrogens is 378 g/mol. The molecule has 0 spiro atoms. The van der Waals surface area contributed by atoms with E-state index in [0.29, 0.717) is 20.8 Å². The van der Waals surface area contributed by atoms with Gasteiger partial charge in [-0.15, -0.1) is 21.5 Å². The molecular formula is C15H15N5O4S2. The van der Waals surface area contributed by atoms with Crippen LogP contribution in [0, 0.1) is 6.92 Å². The van der Waals surface area contributed by atoms with E-state index in [1.165, 1.54) is 21.3 Å². The van der Waals surface area contributed by atoms with Crippen LogP contribution >= 0.6 is 22.7 Å². The first-order valence-corrected chi connectivity index (χ1v) is 9.32. The number of carbonyl (C=O) groups excluding carboxylic acids is 1. The summed E-state index contributed by atoms with van der Waals surface area (Å²) in [6.45, 7) is 5.17. The number of anilines is 1. The van der Waals surface area contributed by atoms with Crippen molar-refractivity contribution in [2.24, 2.45) is 0 Å². The number of aromatic nitrogens is 4. The summed E-state index contributed by atoms with van der Waals surface area (Å²) in [6, 6.07) is 0. The van der Waals surface area contributed by atoms with Crippen LogP contribution in [-0.2, 0) is 11.3 Å². The lowest BCUT2D eigenvalue weighted by Crippen LogP contribution is -2.32. The average Bonchev–Trinajstić information content (AvgIpc) is 3.15. The smallest absolute Gasteiger partial charge is 0.337 e. The number of fused-ring (bicyclic) bond motifs is 1. The lowest BCUT2D eigenvalue weighted by molar-refractivity contribution is -0.116. The number of nitrogens with one attached hydrogen (secondary N) is 1. The summed E-state index contributed by atoms with van der Waals surface area (Å²) in [6.07, 6.45) is 0. The zero-order valence-corrected chi connectivity index (χ0v) is 15.8. The second-order valence-electron chi connectivity index (χ2n) is 5.83. The maximum atomic E-state index is 12.9. The number of hydrogen-bond acceptors (Lipinski definition) is 8. The number of aromatic carboxylic acids is 1. The third-order valence-corrected chi connectivity index (χ3v) is 5.17. The van der Waals surface area contributed by atoms with Crippen LogP contribution in [0.1, 0.15) is 41.0 Å². The SMILES string of the molecule is Cc1nnc(NC(=O)Cn2c(C(C)C)nc3scc(C(=O)O)c3c2=O)s1. The molecule has 0 aliphatic heterocycles. The molecule has 26 heavy (non-hydrogen) atoms. The van der Waals surface area contributed by atoms with Crippen molar-refractivity contribution >= 4 is 49.9 Å². The highest BCUT2D eigenvalue weighted by Gasteiger charge is 2.22. The summed E-state index contributed by atoms with van der Waals surface area (Å²) in [5.41, 5.74) is -0.646. The molecule has 9 nitrogen and oxygen atoms in total. The number of carboxylic acid groups (broad SMARTS) is 1. The van der Waals surface area contributed by atoms with E-state index in [0.717, 1.165) is 11.3 Å². The summed E-state index contributed by atoms with van der Waals surface area (Å²) >= 11 is 2.32. The van der Waals surface area contributed by atoms with Gasteiger partial charge in [-0.3, -0.25) is 19.5 Å². The summed E-state index contributed by atoms with van der Waals surface area (Å²) in [4.78, 5) is 41.4. The zero-order valence-electron chi connectivity index (χ0n) is 14.1. The van der Waals surface area contributed by atoms with Crippen LogP contribution in [0.15, 0.2) is 10.2 Å². The second-order valence-corrected chi connectivity index (χ2v) is 7.86. The van der Waals surface area contributed by atoms with E-state index in [-0.39, 0.29) is 23.4 Å².